The third-order valence-corrected chi connectivity index (χ3v) is 2.70. The molecule has 5 nitrogen and oxygen atoms in total. The minimum absolute atomic E-state index is 0.00829. The van der Waals surface area contributed by atoms with Crippen molar-refractivity contribution in [1.82, 2.24) is 5.32 Å². The van der Waals surface area contributed by atoms with Crippen molar-refractivity contribution in [2.24, 2.45) is 5.73 Å². The summed E-state index contributed by atoms with van der Waals surface area (Å²) in [4.78, 5) is 11.0. The quantitative estimate of drug-likeness (QED) is 0.779. The zero-order valence-corrected chi connectivity index (χ0v) is 11.1. The smallest absolute Gasteiger partial charge is 0.233 e. The molecule has 0 radical (unpaired) electrons. The van der Waals surface area contributed by atoms with Gasteiger partial charge in [0.1, 0.15) is 11.5 Å². The predicted octanol–water partition coefficient (Wildman–Crippen LogP) is 0.630. The summed E-state index contributed by atoms with van der Waals surface area (Å²) in [5.41, 5.74) is 7.23. The number of rotatable bonds is 6. The summed E-state index contributed by atoms with van der Waals surface area (Å²) in [5, 5.41) is 2.72. The number of aryl methyl sites for hydroxylation is 1. The highest BCUT2D eigenvalue weighted by atomic mass is 16.5. The molecule has 1 amide bonds. The highest BCUT2D eigenvalue weighted by Gasteiger charge is 2.08. The second-order valence-corrected chi connectivity index (χ2v) is 3.94. The number of methoxy groups -OCH3 is 2. The van der Waals surface area contributed by atoms with Crippen LogP contribution in [0.4, 0.5) is 0 Å². The molecule has 0 saturated carbocycles. The number of benzene rings is 1. The van der Waals surface area contributed by atoms with Gasteiger partial charge in [-0.1, -0.05) is 0 Å². The third-order valence-electron chi connectivity index (χ3n) is 2.70. The maximum absolute atomic E-state index is 11.0. The average Bonchev–Trinajstić information content (AvgIpc) is 2.39. The molecule has 0 bridgehead atoms. The summed E-state index contributed by atoms with van der Waals surface area (Å²) < 4.78 is 10.6. The van der Waals surface area contributed by atoms with E-state index in [2.05, 4.69) is 5.32 Å². The Morgan fingerprint density at radius 2 is 1.94 bits per heavy atom. The van der Waals surface area contributed by atoms with Crippen LogP contribution in [0.15, 0.2) is 12.1 Å². The molecule has 0 saturated heterocycles. The number of hydrogen-bond acceptors (Lipinski definition) is 4. The lowest BCUT2D eigenvalue weighted by atomic mass is 10.1. The molecule has 0 aromatic heterocycles. The Labute approximate surface area is 107 Å². The van der Waals surface area contributed by atoms with E-state index in [1.165, 1.54) is 0 Å². The van der Waals surface area contributed by atoms with Crippen molar-refractivity contribution in [3.05, 3.63) is 23.3 Å². The zero-order valence-electron chi connectivity index (χ0n) is 11.1. The van der Waals surface area contributed by atoms with E-state index < -0.39 is 0 Å². The lowest BCUT2D eigenvalue weighted by Crippen LogP contribution is -2.31. The monoisotopic (exact) mass is 252 g/mol. The number of carbonyl (C=O) groups excluding carboxylic acids is 1. The fraction of sp³-hybridized carbons (Fsp3) is 0.462. The van der Waals surface area contributed by atoms with Crippen LogP contribution in [0.3, 0.4) is 0 Å². The van der Waals surface area contributed by atoms with Crippen molar-refractivity contribution in [3.63, 3.8) is 0 Å². The molecule has 18 heavy (non-hydrogen) atoms. The first kappa shape index (κ1) is 14.3. The molecule has 5 heteroatoms. The molecular weight excluding hydrogens is 232 g/mol. The van der Waals surface area contributed by atoms with Crippen LogP contribution >= 0.6 is 0 Å². The largest absolute Gasteiger partial charge is 0.496 e. The topological polar surface area (TPSA) is 73.6 Å². The normalized spacial score (nSPS) is 10.0. The molecule has 1 rings (SSSR count). The van der Waals surface area contributed by atoms with E-state index in [0.29, 0.717) is 13.0 Å². The molecule has 0 aliphatic rings. The lowest BCUT2D eigenvalue weighted by molar-refractivity contribution is -0.119. The molecule has 0 unspecified atom stereocenters. The van der Waals surface area contributed by atoms with Crippen molar-refractivity contribution in [2.75, 3.05) is 27.3 Å². The Morgan fingerprint density at radius 3 is 2.50 bits per heavy atom. The van der Waals surface area contributed by atoms with Crippen molar-refractivity contribution < 1.29 is 14.3 Å². The lowest BCUT2D eigenvalue weighted by Gasteiger charge is -2.13. The van der Waals surface area contributed by atoms with Gasteiger partial charge in [0, 0.05) is 6.54 Å². The van der Waals surface area contributed by atoms with Gasteiger partial charge in [-0.2, -0.15) is 0 Å². The van der Waals surface area contributed by atoms with Gasteiger partial charge in [0.05, 0.1) is 20.8 Å². The van der Waals surface area contributed by atoms with Gasteiger partial charge in [-0.15, -0.1) is 0 Å². The Kier molecular flexibility index (Phi) is 5.45. The van der Waals surface area contributed by atoms with Crippen LogP contribution in [-0.4, -0.2) is 33.2 Å². The van der Waals surface area contributed by atoms with Gasteiger partial charge < -0.3 is 20.5 Å². The molecule has 0 aliphatic heterocycles. The molecule has 100 valence electrons. The maximum Gasteiger partial charge on any atom is 0.233 e. The van der Waals surface area contributed by atoms with Gasteiger partial charge in [0.25, 0.3) is 0 Å². The van der Waals surface area contributed by atoms with E-state index in [1.54, 1.807) is 14.2 Å². The Hall–Kier alpha value is -1.75. The Morgan fingerprint density at radius 1 is 1.28 bits per heavy atom. The highest BCUT2D eigenvalue weighted by Crippen LogP contribution is 2.28. The molecular formula is C13H20N2O3. The van der Waals surface area contributed by atoms with Crippen LogP contribution in [-0.2, 0) is 11.2 Å². The zero-order chi connectivity index (χ0) is 13.5. The standard InChI is InChI=1S/C13H20N2O3/c1-9-6-12(18-3)10(7-11(9)17-2)4-5-15-13(16)8-14/h6-7H,4-5,8,14H2,1-3H3,(H,15,16). The second-order valence-electron chi connectivity index (χ2n) is 3.94. The van der Waals surface area contributed by atoms with Gasteiger partial charge in [-0.25, -0.2) is 0 Å². The molecule has 1 aromatic carbocycles. The molecule has 0 aliphatic carbocycles. The third kappa shape index (κ3) is 3.63. The summed E-state index contributed by atoms with van der Waals surface area (Å²) in [6.07, 6.45) is 0.672. The number of nitrogens with two attached hydrogens (primary N) is 1. The van der Waals surface area contributed by atoms with E-state index in [4.69, 9.17) is 15.2 Å². The van der Waals surface area contributed by atoms with Gasteiger partial charge in [-0.3, -0.25) is 4.79 Å². The summed E-state index contributed by atoms with van der Waals surface area (Å²) in [7, 11) is 3.26. The van der Waals surface area contributed by atoms with Crippen LogP contribution in [0.1, 0.15) is 11.1 Å². The summed E-state index contributed by atoms with van der Waals surface area (Å²) in [5.74, 6) is 1.46. The number of ether oxygens (including phenoxy) is 2. The van der Waals surface area contributed by atoms with E-state index >= 15 is 0 Å². The van der Waals surface area contributed by atoms with Gasteiger partial charge in [0.15, 0.2) is 0 Å². The van der Waals surface area contributed by atoms with Crippen LogP contribution in [0, 0.1) is 6.92 Å². The first-order valence-electron chi connectivity index (χ1n) is 5.80. The Bertz CT molecular complexity index is 419. The number of carbonyl (C=O) groups is 1. The fourth-order valence-electron chi connectivity index (χ4n) is 1.72. The van der Waals surface area contributed by atoms with E-state index in [9.17, 15) is 4.79 Å². The molecule has 0 fully saturated rings. The van der Waals surface area contributed by atoms with Crippen molar-refractivity contribution in [3.8, 4) is 11.5 Å². The van der Waals surface area contributed by atoms with Gasteiger partial charge in [0.2, 0.25) is 5.91 Å². The van der Waals surface area contributed by atoms with E-state index in [0.717, 1.165) is 22.6 Å². The molecule has 0 heterocycles. The molecule has 0 atom stereocenters. The van der Waals surface area contributed by atoms with Crippen LogP contribution < -0.4 is 20.5 Å². The number of nitrogens with one attached hydrogen (secondary N) is 1. The number of amides is 1. The Balaban J connectivity index is 2.76. The first-order chi connectivity index (χ1) is 8.62. The average molecular weight is 252 g/mol. The van der Waals surface area contributed by atoms with Crippen LogP contribution in [0.2, 0.25) is 0 Å². The van der Waals surface area contributed by atoms with Crippen molar-refractivity contribution >= 4 is 5.91 Å². The minimum Gasteiger partial charge on any atom is -0.496 e. The molecule has 1 aromatic rings. The van der Waals surface area contributed by atoms with Crippen LogP contribution in [0.25, 0.3) is 0 Å². The van der Waals surface area contributed by atoms with Gasteiger partial charge >= 0.3 is 0 Å². The first-order valence-corrected chi connectivity index (χ1v) is 5.80. The minimum atomic E-state index is -0.159. The molecule has 3 N–H and O–H groups in total. The second kappa shape index (κ2) is 6.86. The summed E-state index contributed by atoms with van der Waals surface area (Å²) in [6, 6.07) is 3.86. The summed E-state index contributed by atoms with van der Waals surface area (Å²) >= 11 is 0. The maximum atomic E-state index is 11.0. The predicted molar refractivity (Wildman–Crippen MR) is 70.1 cm³/mol. The van der Waals surface area contributed by atoms with E-state index in [1.807, 2.05) is 19.1 Å². The summed E-state index contributed by atoms with van der Waals surface area (Å²) in [6.45, 7) is 2.49. The van der Waals surface area contributed by atoms with Crippen molar-refractivity contribution in [1.29, 1.82) is 0 Å². The van der Waals surface area contributed by atoms with Crippen LogP contribution in [0.5, 0.6) is 11.5 Å². The fourth-order valence-corrected chi connectivity index (χ4v) is 1.72. The SMILES string of the molecule is COc1cc(CCNC(=O)CN)c(OC)cc1C. The highest BCUT2D eigenvalue weighted by molar-refractivity contribution is 5.77. The molecule has 0 spiro atoms. The van der Waals surface area contributed by atoms with E-state index in [-0.39, 0.29) is 12.5 Å². The number of hydrogen-bond donors (Lipinski definition) is 2. The van der Waals surface area contributed by atoms with Gasteiger partial charge in [-0.05, 0) is 36.6 Å². The van der Waals surface area contributed by atoms with Crippen molar-refractivity contribution in [2.45, 2.75) is 13.3 Å².